The van der Waals surface area contributed by atoms with Crippen LogP contribution in [0.25, 0.3) is 0 Å². The molecule has 0 aliphatic carbocycles. The zero-order chi connectivity index (χ0) is 22.0. The van der Waals surface area contributed by atoms with Crippen LogP contribution in [0.4, 0.5) is 5.13 Å². The van der Waals surface area contributed by atoms with Crippen molar-refractivity contribution in [2.75, 3.05) is 25.2 Å². The van der Waals surface area contributed by atoms with E-state index in [4.69, 9.17) is 10.5 Å². The molecule has 0 aromatic carbocycles. The molecule has 14 heteroatoms. The third kappa shape index (κ3) is 4.09. The number of oxime groups is 1. The minimum atomic E-state index is -1.32. The molecule has 1 aromatic rings. The van der Waals surface area contributed by atoms with Crippen molar-refractivity contribution in [3.05, 3.63) is 22.3 Å². The van der Waals surface area contributed by atoms with Gasteiger partial charge in [0.25, 0.3) is 11.8 Å². The fraction of sp³-hybridized carbons (Fsp3) is 0.375. The van der Waals surface area contributed by atoms with Gasteiger partial charge in [-0.05, 0) is 0 Å². The van der Waals surface area contributed by atoms with Crippen molar-refractivity contribution in [3.8, 4) is 0 Å². The Balaban J connectivity index is 1.77. The summed E-state index contributed by atoms with van der Waals surface area (Å²) in [6, 6.07) is -0.967. The summed E-state index contributed by atoms with van der Waals surface area (Å²) in [7, 11) is 1.25. The van der Waals surface area contributed by atoms with E-state index in [9.17, 15) is 24.3 Å². The summed E-state index contributed by atoms with van der Waals surface area (Å²) < 4.78 is 4.88. The number of hydrogen-bond donors (Lipinski definition) is 3. The van der Waals surface area contributed by atoms with Gasteiger partial charge in [-0.25, -0.2) is 9.78 Å². The zero-order valence-electron chi connectivity index (χ0n) is 15.8. The number of rotatable bonds is 7. The Kier molecular flexibility index (Phi) is 6.26. The molecule has 30 heavy (non-hydrogen) atoms. The van der Waals surface area contributed by atoms with Gasteiger partial charge in [-0.3, -0.25) is 19.3 Å². The first kappa shape index (κ1) is 21.6. The number of aliphatic carboxylic acids is 1. The van der Waals surface area contributed by atoms with Crippen molar-refractivity contribution in [3.63, 3.8) is 0 Å². The first-order chi connectivity index (χ1) is 14.2. The average Bonchev–Trinajstić information content (AvgIpc) is 3.13. The van der Waals surface area contributed by atoms with Gasteiger partial charge in [-0.1, -0.05) is 5.16 Å². The van der Waals surface area contributed by atoms with Crippen LogP contribution in [-0.4, -0.2) is 75.3 Å². The van der Waals surface area contributed by atoms with Gasteiger partial charge >= 0.3 is 11.9 Å². The van der Waals surface area contributed by atoms with Gasteiger partial charge < -0.3 is 25.7 Å². The fourth-order valence-electron chi connectivity index (χ4n) is 2.88. The van der Waals surface area contributed by atoms with Gasteiger partial charge in [-0.2, -0.15) is 0 Å². The Morgan fingerprint density at radius 2 is 2.20 bits per heavy atom. The molecule has 160 valence electrons. The Hall–Kier alpha value is -3.13. The first-order valence-corrected chi connectivity index (χ1v) is 10.3. The second-order valence-electron chi connectivity index (χ2n) is 6.09. The molecular formula is C16H17N5O7S2. The molecule has 2 atom stereocenters. The lowest BCUT2D eigenvalue weighted by molar-refractivity contribution is -0.150. The van der Waals surface area contributed by atoms with Crippen LogP contribution in [0.2, 0.25) is 0 Å². The fourth-order valence-corrected chi connectivity index (χ4v) is 4.76. The molecule has 0 spiro atoms. The summed E-state index contributed by atoms with van der Waals surface area (Å²) >= 11 is 2.35. The summed E-state index contributed by atoms with van der Waals surface area (Å²) in [5.74, 6) is -2.98. The number of nitrogens with two attached hydrogens (primary N) is 1. The van der Waals surface area contributed by atoms with Gasteiger partial charge in [0, 0.05) is 23.6 Å². The highest BCUT2D eigenvalue weighted by Crippen LogP contribution is 2.40. The van der Waals surface area contributed by atoms with E-state index < -0.39 is 35.2 Å². The maximum Gasteiger partial charge on any atom is 0.352 e. The standard InChI is InChI=1S/C16H17N5O7S2/c1-6(22)28-3-7-4-29-14-10(13(24)21(14)11(7)15(25)26)19-12(23)9(20-27-2)8-5-30-16(17)18-8/h5,10,14H,3-4H2,1-2H3,(H2,17,18)(H,19,23)(H,25,26)/b20-9+/t10?,14-/m0/s1. The molecule has 1 aromatic heterocycles. The number of thiazole rings is 1. The molecule has 2 aliphatic rings. The molecular weight excluding hydrogens is 438 g/mol. The highest BCUT2D eigenvalue weighted by molar-refractivity contribution is 8.00. The number of amides is 2. The normalized spacial score (nSPS) is 20.9. The van der Waals surface area contributed by atoms with Crippen molar-refractivity contribution in [1.82, 2.24) is 15.2 Å². The third-order valence-corrected chi connectivity index (χ3v) is 6.16. The summed E-state index contributed by atoms with van der Waals surface area (Å²) in [4.78, 5) is 57.8. The zero-order valence-corrected chi connectivity index (χ0v) is 17.4. The van der Waals surface area contributed by atoms with Crippen LogP contribution in [0.3, 0.4) is 0 Å². The molecule has 1 unspecified atom stereocenters. The number of nitrogens with zero attached hydrogens (tertiary/aromatic N) is 3. The second kappa shape index (κ2) is 8.71. The number of anilines is 1. The number of β-lactam (4-membered cyclic amide) rings is 1. The number of aromatic nitrogens is 1. The number of ether oxygens (including phenoxy) is 1. The number of hydrogen-bond acceptors (Lipinski definition) is 11. The summed E-state index contributed by atoms with van der Waals surface area (Å²) in [6.07, 6.45) is 0. The second-order valence-corrected chi connectivity index (χ2v) is 8.09. The van der Waals surface area contributed by atoms with E-state index in [1.807, 2.05) is 0 Å². The Morgan fingerprint density at radius 1 is 1.47 bits per heavy atom. The van der Waals surface area contributed by atoms with Gasteiger partial charge in [0.2, 0.25) is 0 Å². The van der Waals surface area contributed by atoms with Crippen molar-refractivity contribution in [2.24, 2.45) is 5.16 Å². The SMILES string of the molecule is CO/N=C(/C(=O)NC1C(=O)N2C(C(=O)O)=C(COC(C)=O)CS[C@@H]12)c1csc(N)n1. The number of thioether (sulfide) groups is 1. The maximum absolute atomic E-state index is 12.7. The van der Waals surface area contributed by atoms with E-state index in [0.29, 0.717) is 5.57 Å². The quantitative estimate of drug-likeness (QED) is 0.208. The number of carboxylic acids is 1. The van der Waals surface area contributed by atoms with Crippen LogP contribution in [0.1, 0.15) is 12.6 Å². The highest BCUT2D eigenvalue weighted by Gasteiger charge is 2.54. The van der Waals surface area contributed by atoms with Crippen LogP contribution in [0.5, 0.6) is 0 Å². The van der Waals surface area contributed by atoms with Crippen molar-refractivity contribution in [1.29, 1.82) is 0 Å². The van der Waals surface area contributed by atoms with Gasteiger partial charge in [0.1, 0.15) is 36.5 Å². The minimum absolute atomic E-state index is 0.165. The number of esters is 1. The number of carbonyl (C=O) groups excluding carboxylic acids is 3. The van der Waals surface area contributed by atoms with Crippen molar-refractivity contribution in [2.45, 2.75) is 18.3 Å². The Bertz CT molecular complexity index is 973. The van der Waals surface area contributed by atoms with Gasteiger partial charge in [0.05, 0.1) is 0 Å². The number of carboxylic acid groups (broad SMARTS) is 1. The average molecular weight is 455 g/mol. The van der Waals surface area contributed by atoms with Crippen molar-refractivity contribution < 1.29 is 33.9 Å². The molecule has 12 nitrogen and oxygen atoms in total. The number of nitrogen functional groups attached to an aromatic ring is 1. The van der Waals surface area contributed by atoms with E-state index in [2.05, 4.69) is 20.3 Å². The van der Waals surface area contributed by atoms with Crippen LogP contribution in [0, 0.1) is 0 Å². The predicted octanol–water partition coefficient (Wildman–Crippen LogP) is -0.622. The van der Waals surface area contributed by atoms with Crippen LogP contribution in [0.15, 0.2) is 21.8 Å². The Morgan fingerprint density at radius 3 is 2.77 bits per heavy atom. The third-order valence-electron chi connectivity index (χ3n) is 4.15. The first-order valence-electron chi connectivity index (χ1n) is 8.41. The minimum Gasteiger partial charge on any atom is -0.477 e. The van der Waals surface area contributed by atoms with E-state index in [0.717, 1.165) is 16.2 Å². The van der Waals surface area contributed by atoms with E-state index in [-0.39, 0.29) is 34.6 Å². The number of nitrogens with one attached hydrogen (secondary N) is 1. The van der Waals surface area contributed by atoms with Crippen LogP contribution < -0.4 is 11.1 Å². The molecule has 4 N–H and O–H groups in total. The van der Waals surface area contributed by atoms with E-state index in [1.54, 1.807) is 0 Å². The topological polar surface area (TPSA) is 174 Å². The van der Waals surface area contributed by atoms with Gasteiger partial charge in [-0.15, -0.1) is 23.1 Å². The van der Waals surface area contributed by atoms with Crippen LogP contribution in [-0.2, 0) is 28.8 Å². The summed E-state index contributed by atoms with van der Waals surface area (Å²) in [5.41, 5.74) is 5.67. The Labute approximate surface area is 178 Å². The maximum atomic E-state index is 12.7. The molecule has 3 rings (SSSR count). The molecule has 0 bridgehead atoms. The lowest BCUT2D eigenvalue weighted by Gasteiger charge is -2.49. The van der Waals surface area contributed by atoms with E-state index >= 15 is 0 Å². The highest BCUT2D eigenvalue weighted by atomic mass is 32.2. The molecule has 0 radical (unpaired) electrons. The summed E-state index contributed by atoms with van der Waals surface area (Å²) in [5, 5.41) is 16.9. The molecule has 3 heterocycles. The molecule has 1 saturated heterocycles. The largest absolute Gasteiger partial charge is 0.477 e. The number of fused-ring (bicyclic) bond motifs is 1. The molecule has 2 amide bonds. The molecule has 0 saturated carbocycles. The predicted molar refractivity (Wildman–Crippen MR) is 106 cm³/mol. The molecule has 1 fully saturated rings. The molecule has 2 aliphatic heterocycles. The van der Waals surface area contributed by atoms with Crippen LogP contribution >= 0.6 is 23.1 Å². The lowest BCUT2D eigenvalue weighted by atomic mass is 10.0. The van der Waals surface area contributed by atoms with Crippen molar-refractivity contribution >= 4 is 57.7 Å². The van der Waals surface area contributed by atoms with Gasteiger partial charge in [0.15, 0.2) is 10.8 Å². The lowest BCUT2D eigenvalue weighted by Crippen LogP contribution is -2.71. The summed E-state index contributed by atoms with van der Waals surface area (Å²) in [6.45, 7) is 0.975. The monoisotopic (exact) mass is 455 g/mol. The van der Waals surface area contributed by atoms with E-state index in [1.165, 1.54) is 31.2 Å². The smallest absolute Gasteiger partial charge is 0.352 e. The number of carbonyl (C=O) groups is 4.